The van der Waals surface area contributed by atoms with Gasteiger partial charge in [-0.15, -0.1) is 0 Å². The summed E-state index contributed by atoms with van der Waals surface area (Å²) in [6.07, 6.45) is 3.44. The second kappa shape index (κ2) is 6.41. The van der Waals surface area contributed by atoms with Gasteiger partial charge in [0.1, 0.15) is 10.7 Å². The number of sulfonamides is 1. The van der Waals surface area contributed by atoms with Gasteiger partial charge in [0, 0.05) is 30.3 Å². The van der Waals surface area contributed by atoms with Crippen LogP contribution in [0.2, 0.25) is 0 Å². The van der Waals surface area contributed by atoms with E-state index in [1.807, 2.05) is 6.92 Å². The normalized spacial score (nSPS) is 20.2. The molecule has 0 bridgehead atoms. The van der Waals surface area contributed by atoms with Crippen molar-refractivity contribution >= 4 is 31.8 Å². The van der Waals surface area contributed by atoms with Crippen LogP contribution in [-0.2, 0) is 10.0 Å². The number of halogens is 1. The molecule has 1 aliphatic heterocycles. The van der Waals surface area contributed by atoms with E-state index in [-0.39, 0.29) is 4.90 Å². The smallest absolute Gasteiger partial charge is 0.246 e. The van der Waals surface area contributed by atoms with Gasteiger partial charge in [-0.2, -0.15) is 4.31 Å². The van der Waals surface area contributed by atoms with Crippen molar-refractivity contribution < 1.29 is 8.42 Å². The minimum absolute atomic E-state index is 0.259. The lowest BCUT2D eigenvalue weighted by Gasteiger charge is -2.18. The minimum atomic E-state index is -3.48. The summed E-state index contributed by atoms with van der Waals surface area (Å²) in [7, 11) is -3.48. The maximum absolute atomic E-state index is 12.7. The first-order chi connectivity index (χ1) is 9.45. The Morgan fingerprint density at radius 2 is 2.30 bits per heavy atom. The Morgan fingerprint density at radius 3 is 2.90 bits per heavy atom. The van der Waals surface area contributed by atoms with Crippen LogP contribution < -0.4 is 5.32 Å². The summed E-state index contributed by atoms with van der Waals surface area (Å²) in [6.45, 7) is 5.98. The Hall–Kier alpha value is -0.660. The number of nitrogens with one attached hydrogen (secondary N) is 1. The number of anilines is 1. The van der Waals surface area contributed by atoms with Gasteiger partial charge in [-0.1, -0.05) is 13.8 Å². The quantitative estimate of drug-likeness (QED) is 0.875. The largest absolute Gasteiger partial charge is 0.369 e. The molecular weight excluding hydrogens is 342 g/mol. The van der Waals surface area contributed by atoms with Gasteiger partial charge in [0.15, 0.2) is 0 Å². The van der Waals surface area contributed by atoms with Gasteiger partial charge in [-0.25, -0.2) is 13.4 Å². The van der Waals surface area contributed by atoms with Crippen molar-refractivity contribution in [3.05, 3.63) is 16.7 Å². The van der Waals surface area contributed by atoms with E-state index in [1.54, 1.807) is 16.6 Å². The van der Waals surface area contributed by atoms with E-state index in [9.17, 15) is 8.42 Å². The van der Waals surface area contributed by atoms with Crippen molar-refractivity contribution in [3.8, 4) is 0 Å². The zero-order chi connectivity index (χ0) is 14.8. The van der Waals surface area contributed by atoms with Gasteiger partial charge in [0.25, 0.3) is 0 Å². The van der Waals surface area contributed by atoms with E-state index in [4.69, 9.17) is 0 Å². The summed E-state index contributed by atoms with van der Waals surface area (Å²) in [5.74, 6) is 0.853. The van der Waals surface area contributed by atoms with Crippen molar-refractivity contribution in [1.29, 1.82) is 0 Å². The summed E-state index contributed by atoms with van der Waals surface area (Å²) in [5.41, 5.74) is 0. The molecule has 1 aromatic heterocycles. The minimum Gasteiger partial charge on any atom is -0.369 e. The molecule has 1 atom stereocenters. The second-order valence-corrected chi connectivity index (χ2v) is 8.01. The highest BCUT2D eigenvalue weighted by Gasteiger charge is 2.32. The molecule has 0 spiro atoms. The first kappa shape index (κ1) is 15.7. The third-order valence-corrected chi connectivity index (χ3v) is 5.68. The summed E-state index contributed by atoms with van der Waals surface area (Å²) in [4.78, 5) is 4.47. The van der Waals surface area contributed by atoms with Crippen molar-refractivity contribution in [1.82, 2.24) is 9.29 Å². The fourth-order valence-electron chi connectivity index (χ4n) is 2.25. The fourth-order valence-corrected chi connectivity index (χ4v) is 4.45. The van der Waals surface area contributed by atoms with E-state index in [0.717, 1.165) is 12.8 Å². The lowest BCUT2D eigenvalue weighted by atomic mass is 10.2. The van der Waals surface area contributed by atoms with Gasteiger partial charge >= 0.3 is 0 Å². The molecule has 1 N–H and O–H groups in total. The van der Waals surface area contributed by atoms with E-state index in [0.29, 0.717) is 35.8 Å². The predicted molar refractivity (Wildman–Crippen MR) is 83.3 cm³/mol. The van der Waals surface area contributed by atoms with Gasteiger partial charge in [-0.3, -0.25) is 0 Å². The number of aromatic nitrogens is 1. The zero-order valence-electron chi connectivity index (χ0n) is 11.8. The molecule has 0 radical (unpaired) electrons. The van der Waals surface area contributed by atoms with Crippen LogP contribution in [0.15, 0.2) is 21.6 Å². The van der Waals surface area contributed by atoms with Crippen LogP contribution in [0.25, 0.3) is 0 Å². The van der Waals surface area contributed by atoms with Gasteiger partial charge in [0.05, 0.1) is 0 Å². The lowest BCUT2D eigenvalue weighted by molar-refractivity contribution is 0.464. The third-order valence-electron chi connectivity index (χ3n) is 3.37. The molecule has 1 unspecified atom stereocenters. The number of nitrogens with zero attached hydrogens (tertiary/aromatic N) is 2. The molecule has 1 saturated heterocycles. The summed E-state index contributed by atoms with van der Waals surface area (Å²) in [5, 5.41) is 3.09. The molecule has 1 aromatic rings. The molecule has 112 valence electrons. The van der Waals surface area contributed by atoms with Crippen LogP contribution in [0.5, 0.6) is 0 Å². The summed E-state index contributed by atoms with van der Waals surface area (Å²) in [6, 6.07) is 1.63. The van der Waals surface area contributed by atoms with Crippen molar-refractivity contribution in [2.45, 2.75) is 31.6 Å². The van der Waals surface area contributed by atoms with Gasteiger partial charge < -0.3 is 5.32 Å². The lowest BCUT2D eigenvalue weighted by Crippen LogP contribution is -2.29. The van der Waals surface area contributed by atoms with Crippen molar-refractivity contribution in [2.75, 3.05) is 25.0 Å². The average molecular weight is 362 g/mol. The Labute approximate surface area is 129 Å². The molecule has 0 aliphatic carbocycles. The molecule has 20 heavy (non-hydrogen) atoms. The molecule has 1 fully saturated rings. The van der Waals surface area contributed by atoms with Crippen LogP contribution in [0.1, 0.15) is 26.7 Å². The summed E-state index contributed by atoms with van der Waals surface area (Å²) < 4.78 is 27.7. The number of hydrogen-bond acceptors (Lipinski definition) is 4. The van der Waals surface area contributed by atoms with Crippen LogP contribution in [-0.4, -0.2) is 37.3 Å². The van der Waals surface area contributed by atoms with E-state index in [2.05, 4.69) is 33.2 Å². The first-order valence-corrected chi connectivity index (χ1v) is 9.08. The SMILES string of the molecule is CCCNc1ncc(Br)cc1S(=O)(=O)N1CCC(C)C1. The molecule has 0 aromatic carbocycles. The Balaban J connectivity index is 2.36. The van der Waals surface area contributed by atoms with Crippen LogP contribution in [0, 0.1) is 5.92 Å². The molecule has 1 aliphatic rings. The maximum atomic E-state index is 12.7. The maximum Gasteiger partial charge on any atom is 0.246 e. The van der Waals surface area contributed by atoms with Crippen LogP contribution >= 0.6 is 15.9 Å². The molecule has 2 heterocycles. The number of hydrogen-bond donors (Lipinski definition) is 1. The summed E-state index contributed by atoms with van der Waals surface area (Å²) >= 11 is 3.30. The number of rotatable bonds is 5. The molecule has 5 nitrogen and oxygen atoms in total. The standard InChI is InChI=1S/C13H20BrN3O2S/c1-3-5-15-13-12(7-11(14)8-16-13)20(18,19)17-6-4-10(2)9-17/h7-8,10H,3-6,9H2,1-2H3,(H,15,16). The molecule has 0 saturated carbocycles. The van der Waals surface area contributed by atoms with Gasteiger partial charge in [0.2, 0.25) is 10.0 Å². The highest BCUT2D eigenvalue weighted by atomic mass is 79.9. The zero-order valence-corrected chi connectivity index (χ0v) is 14.2. The fraction of sp³-hybridized carbons (Fsp3) is 0.615. The Kier molecular flexibility index (Phi) is 5.04. The molecular formula is C13H20BrN3O2S. The van der Waals surface area contributed by atoms with E-state index < -0.39 is 10.0 Å². The predicted octanol–water partition coefficient (Wildman–Crippen LogP) is 2.70. The van der Waals surface area contributed by atoms with Crippen LogP contribution in [0.3, 0.4) is 0 Å². The molecule has 0 amide bonds. The first-order valence-electron chi connectivity index (χ1n) is 6.84. The van der Waals surface area contributed by atoms with Gasteiger partial charge in [-0.05, 0) is 40.8 Å². The molecule has 7 heteroatoms. The average Bonchev–Trinajstić information content (AvgIpc) is 2.84. The van der Waals surface area contributed by atoms with Crippen molar-refractivity contribution in [2.24, 2.45) is 5.92 Å². The third kappa shape index (κ3) is 3.32. The van der Waals surface area contributed by atoms with Crippen molar-refractivity contribution in [3.63, 3.8) is 0 Å². The highest BCUT2D eigenvalue weighted by Crippen LogP contribution is 2.29. The van der Waals surface area contributed by atoms with Crippen LogP contribution in [0.4, 0.5) is 5.82 Å². The second-order valence-electron chi connectivity index (χ2n) is 5.18. The molecule has 2 rings (SSSR count). The highest BCUT2D eigenvalue weighted by molar-refractivity contribution is 9.10. The van der Waals surface area contributed by atoms with E-state index >= 15 is 0 Å². The Bertz CT molecular complexity index is 577. The monoisotopic (exact) mass is 361 g/mol. The topological polar surface area (TPSA) is 62.3 Å². The number of pyridine rings is 1. The Morgan fingerprint density at radius 1 is 1.55 bits per heavy atom. The van der Waals surface area contributed by atoms with E-state index in [1.165, 1.54) is 0 Å².